The smallest absolute Gasteiger partial charge is 0.131 e. The molecule has 3 nitrogen and oxygen atoms in total. The molecule has 1 heterocycles. The van der Waals surface area contributed by atoms with Crippen LogP contribution in [0.2, 0.25) is 0 Å². The largest absolute Gasteiger partial charge is 0.325 e. The molecule has 0 spiro atoms. The first-order valence-electron chi connectivity index (χ1n) is 6.84. The molecule has 0 unspecified atom stereocenters. The number of hydrogen-bond acceptors (Lipinski definition) is 3. The fraction of sp³-hybridized carbons (Fsp3) is 0.714. The molecule has 0 atom stereocenters. The van der Waals surface area contributed by atoms with Crippen LogP contribution in [-0.2, 0) is 6.54 Å². The Balaban J connectivity index is 2.15. The predicted molar refractivity (Wildman–Crippen MR) is 69.7 cm³/mol. The minimum Gasteiger partial charge on any atom is -0.325 e. The molecule has 0 radical (unpaired) electrons. The molecule has 1 saturated carbocycles. The van der Waals surface area contributed by atoms with E-state index in [1.54, 1.807) is 0 Å². The van der Waals surface area contributed by atoms with Crippen LogP contribution in [0.5, 0.6) is 0 Å². The van der Waals surface area contributed by atoms with Crippen molar-refractivity contribution in [3.63, 3.8) is 0 Å². The zero-order chi connectivity index (χ0) is 12.1. The molecule has 94 valence electrons. The Morgan fingerprint density at radius 2 is 1.76 bits per heavy atom. The van der Waals surface area contributed by atoms with E-state index < -0.39 is 0 Å². The highest BCUT2D eigenvalue weighted by Crippen LogP contribution is 2.29. The van der Waals surface area contributed by atoms with Crippen LogP contribution in [-0.4, -0.2) is 9.97 Å². The lowest BCUT2D eigenvalue weighted by Gasteiger charge is -2.19. The van der Waals surface area contributed by atoms with Crippen molar-refractivity contribution < 1.29 is 0 Å². The second-order valence-corrected chi connectivity index (χ2v) is 5.11. The Labute approximate surface area is 104 Å². The molecular formula is C14H23N3. The minimum atomic E-state index is 0.517. The summed E-state index contributed by atoms with van der Waals surface area (Å²) >= 11 is 0. The van der Waals surface area contributed by atoms with Crippen molar-refractivity contribution in [1.82, 2.24) is 9.97 Å². The molecule has 0 aliphatic heterocycles. The number of rotatable bonds is 2. The molecule has 17 heavy (non-hydrogen) atoms. The summed E-state index contributed by atoms with van der Waals surface area (Å²) in [6, 6.07) is 1.99. The molecule has 1 aromatic heterocycles. The Kier molecular flexibility index (Phi) is 4.49. The Morgan fingerprint density at radius 1 is 1.12 bits per heavy atom. The van der Waals surface area contributed by atoms with Crippen molar-refractivity contribution in [1.29, 1.82) is 0 Å². The first-order valence-corrected chi connectivity index (χ1v) is 6.84. The van der Waals surface area contributed by atoms with E-state index >= 15 is 0 Å². The van der Waals surface area contributed by atoms with Gasteiger partial charge in [-0.15, -0.1) is 0 Å². The van der Waals surface area contributed by atoms with Crippen molar-refractivity contribution in [2.24, 2.45) is 5.73 Å². The van der Waals surface area contributed by atoms with Gasteiger partial charge in [0.1, 0.15) is 5.82 Å². The van der Waals surface area contributed by atoms with Crippen LogP contribution in [0.15, 0.2) is 6.07 Å². The maximum atomic E-state index is 5.68. The lowest BCUT2D eigenvalue weighted by Crippen LogP contribution is -2.11. The SMILES string of the molecule is Cc1cc(CN)nc(C2CCCCCCC2)n1. The van der Waals surface area contributed by atoms with Crippen LogP contribution in [0.1, 0.15) is 68.1 Å². The van der Waals surface area contributed by atoms with Gasteiger partial charge in [-0.25, -0.2) is 9.97 Å². The van der Waals surface area contributed by atoms with Crippen LogP contribution in [0.25, 0.3) is 0 Å². The molecular weight excluding hydrogens is 210 g/mol. The third-order valence-corrected chi connectivity index (χ3v) is 3.60. The standard InChI is InChI=1S/C14H23N3/c1-11-9-13(10-15)17-14(16-11)12-7-5-3-2-4-6-8-12/h9,12H,2-8,10,15H2,1H3. The maximum absolute atomic E-state index is 5.68. The third kappa shape index (κ3) is 3.50. The molecule has 2 N–H and O–H groups in total. The van der Waals surface area contributed by atoms with Crippen LogP contribution in [0, 0.1) is 6.92 Å². The van der Waals surface area contributed by atoms with Crippen molar-refractivity contribution in [3.05, 3.63) is 23.3 Å². The number of aromatic nitrogens is 2. The van der Waals surface area contributed by atoms with E-state index in [4.69, 9.17) is 5.73 Å². The predicted octanol–water partition coefficient (Wildman–Crippen LogP) is 3.07. The van der Waals surface area contributed by atoms with Gasteiger partial charge in [0.05, 0.1) is 5.69 Å². The van der Waals surface area contributed by atoms with Crippen molar-refractivity contribution >= 4 is 0 Å². The molecule has 0 saturated heterocycles. The van der Waals surface area contributed by atoms with E-state index in [-0.39, 0.29) is 0 Å². The first kappa shape index (κ1) is 12.5. The Morgan fingerprint density at radius 3 is 2.41 bits per heavy atom. The van der Waals surface area contributed by atoms with Gasteiger partial charge in [0.2, 0.25) is 0 Å². The van der Waals surface area contributed by atoms with Crippen LogP contribution in [0.3, 0.4) is 0 Å². The van der Waals surface area contributed by atoms with Crippen molar-refractivity contribution in [2.45, 2.75) is 64.3 Å². The number of nitrogens with two attached hydrogens (primary N) is 1. The fourth-order valence-electron chi connectivity index (χ4n) is 2.66. The molecule has 1 fully saturated rings. The molecule has 3 heteroatoms. The summed E-state index contributed by atoms with van der Waals surface area (Å²) in [6.07, 6.45) is 9.26. The van der Waals surface area contributed by atoms with Gasteiger partial charge in [-0.05, 0) is 25.8 Å². The summed E-state index contributed by atoms with van der Waals surface area (Å²) < 4.78 is 0. The normalized spacial score (nSPS) is 18.7. The molecule has 1 aliphatic carbocycles. The number of nitrogens with zero attached hydrogens (tertiary/aromatic N) is 2. The summed E-state index contributed by atoms with van der Waals surface area (Å²) in [5, 5.41) is 0. The van der Waals surface area contributed by atoms with Crippen molar-refractivity contribution in [3.8, 4) is 0 Å². The minimum absolute atomic E-state index is 0.517. The van der Waals surface area contributed by atoms with Gasteiger partial charge in [0, 0.05) is 18.2 Å². The van der Waals surface area contributed by atoms with Gasteiger partial charge in [-0.1, -0.05) is 32.1 Å². The average Bonchev–Trinajstić information content (AvgIpc) is 2.27. The molecule has 2 rings (SSSR count). The van der Waals surface area contributed by atoms with E-state index in [9.17, 15) is 0 Å². The van der Waals surface area contributed by atoms with E-state index in [0.717, 1.165) is 17.2 Å². The average molecular weight is 233 g/mol. The van der Waals surface area contributed by atoms with Gasteiger partial charge in [-0.3, -0.25) is 0 Å². The zero-order valence-corrected chi connectivity index (χ0v) is 10.8. The highest BCUT2D eigenvalue weighted by atomic mass is 14.9. The van der Waals surface area contributed by atoms with Gasteiger partial charge in [0.15, 0.2) is 0 Å². The summed E-state index contributed by atoms with van der Waals surface area (Å²) in [5.74, 6) is 1.59. The van der Waals surface area contributed by atoms with E-state index in [0.29, 0.717) is 12.5 Å². The molecule has 1 aromatic rings. The number of hydrogen-bond donors (Lipinski definition) is 1. The highest BCUT2D eigenvalue weighted by molar-refractivity contribution is 5.12. The topological polar surface area (TPSA) is 51.8 Å². The quantitative estimate of drug-likeness (QED) is 0.854. The van der Waals surface area contributed by atoms with Crippen molar-refractivity contribution in [2.75, 3.05) is 0 Å². The van der Waals surface area contributed by atoms with Gasteiger partial charge < -0.3 is 5.73 Å². The zero-order valence-electron chi connectivity index (χ0n) is 10.8. The summed E-state index contributed by atoms with van der Waals surface area (Å²) in [5.41, 5.74) is 7.72. The fourth-order valence-corrected chi connectivity index (χ4v) is 2.66. The Hall–Kier alpha value is -0.960. The highest BCUT2D eigenvalue weighted by Gasteiger charge is 2.16. The number of aryl methyl sites for hydroxylation is 1. The first-order chi connectivity index (χ1) is 8.29. The second kappa shape index (κ2) is 6.10. The summed E-state index contributed by atoms with van der Waals surface area (Å²) in [7, 11) is 0. The molecule has 1 aliphatic rings. The monoisotopic (exact) mass is 233 g/mol. The van der Waals surface area contributed by atoms with Crippen LogP contribution < -0.4 is 5.73 Å². The van der Waals surface area contributed by atoms with Gasteiger partial charge >= 0.3 is 0 Å². The van der Waals surface area contributed by atoms with Crippen LogP contribution >= 0.6 is 0 Å². The van der Waals surface area contributed by atoms with E-state index in [1.807, 2.05) is 13.0 Å². The third-order valence-electron chi connectivity index (χ3n) is 3.60. The lowest BCUT2D eigenvalue weighted by atomic mass is 9.90. The van der Waals surface area contributed by atoms with Gasteiger partial charge in [-0.2, -0.15) is 0 Å². The summed E-state index contributed by atoms with van der Waals surface area (Å²) in [6.45, 7) is 2.55. The maximum Gasteiger partial charge on any atom is 0.131 e. The van der Waals surface area contributed by atoms with E-state index in [1.165, 1.54) is 44.9 Å². The van der Waals surface area contributed by atoms with Crippen LogP contribution in [0.4, 0.5) is 0 Å². The van der Waals surface area contributed by atoms with Gasteiger partial charge in [0.25, 0.3) is 0 Å². The molecule has 0 aromatic carbocycles. The lowest BCUT2D eigenvalue weighted by molar-refractivity contribution is 0.441. The Bertz CT molecular complexity index is 354. The summed E-state index contributed by atoms with van der Waals surface area (Å²) in [4.78, 5) is 9.22. The second-order valence-electron chi connectivity index (χ2n) is 5.11. The molecule has 0 bridgehead atoms. The molecule has 0 amide bonds. The van der Waals surface area contributed by atoms with E-state index in [2.05, 4.69) is 9.97 Å².